The van der Waals surface area contributed by atoms with E-state index in [-0.39, 0.29) is 12.8 Å². The molecule has 1 fully saturated rings. The highest BCUT2D eigenvalue weighted by Gasteiger charge is 2.22. The number of amides is 2. The molecular formula is C22H19Cl2N5O3. The monoisotopic (exact) mass is 471 g/mol. The Kier molecular flexibility index (Phi) is 5.63. The van der Waals surface area contributed by atoms with Crippen molar-refractivity contribution in [3.63, 3.8) is 0 Å². The molecule has 0 aliphatic carbocycles. The number of nitrogens with zero attached hydrogens (tertiary/aromatic N) is 4. The molecule has 0 bridgehead atoms. The quantitative estimate of drug-likeness (QED) is 0.604. The number of piperazine rings is 1. The average Bonchev–Trinajstić information content (AvgIpc) is 3.30. The number of rotatable bonds is 3. The van der Waals surface area contributed by atoms with Crippen molar-refractivity contribution in [2.45, 2.75) is 0 Å². The van der Waals surface area contributed by atoms with Crippen LogP contribution in [-0.4, -0.2) is 54.1 Å². The summed E-state index contributed by atoms with van der Waals surface area (Å²) in [6.45, 7) is 2.69. The summed E-state index contributed by atoms with van der Waals surface area (Å²) in [5.74, 6) is 2.22. The standard InChI is InChI=1S/C22H19Cl2N5O3/c23-16-3-2-15(12-17(16)24)25-22(30)29-9-7-28(8-10-29)21-6-4-18(26-27-21)14-1-5-19-20(11-14)32-13-31-19/h1-6,11-12H,7-10,13H2,(H,25,30). The van der Waals surface area contributed by atoms with Crippen LogP contribution in [0.15, 0.2) is 48.5 Å². The summed E-state index contributed by atoms with van der Waals surface area (Å²) >= 11 is 11.9. The third-order valence-corrected chi connectivity index (χ3v) is 6.12. The molecule has 1 N–H and O–H groups in total. The number of ether oxygens (including phenoxy) is 2. The minimum absolute atomic E-state index is 0.174. The first-order chi connectivity index (χ1) is 15.6. The van der Waals surface area contributed by atoms with E-state index in [0.29, 0.717) is 47.7 Å². The topological polar surface area (TPSA) is 79.8 Å². The predicted octanol–water partition coefficient (Wildman–Crippen LogP) is 4.53. The molecule has 2 aromatic carbocycles. The molecule has 0 saturated carbocycles. The number of benzene rings is 2. The maximum Gasteiger partial charge on any atom is 0.321 e. The van der Waals surface area contributed by atoms with Gasteiger partial charge in [-0.15, -0.1) is 10.2 Å². The molecule has 2 aliphatic rings. The molecule has 1 aromatic heterocycles. The first-order valence-corrected chi connectivity index (χ1v) is 10.8. The van der Waals surface area contributed by atoms with Crippen LogP contribution in [0.2, 0.25) is 10.0 Å². The number of urea groups is 1. The Hall–Kier alpha value is -3.23. The molecule has 0 atom stereocenters. The Bertz CT molecular complexity index is 1150. The van der Waals surface area contributed by atoms with Crippen LogP contribution in [0.1, 0.15) is 0 Å². The maximum absolute atomic E-state index is 12.6. The first-order valence-electron chi connectivity index (χ1n) is 10.1. The van der Waals surface area contributed by atoms with E-state index in [1.807, 2.05) is 30.3 Å². The molecule has 8 nitrogen and oxygen atoms in total. The summed E-state index contributed by atoms with van der Waals surface area (Å²) in [6, 6.07) is 14.4. The lowest BCUT2D eigenvalue weighted by atomic mass is 10.1. The zero-order valence-electron chi connectivity index (χ0n) is 16.9. The number of hydrogen-bond donors (Lipinski definition) is 1. The fourth-order valence-electron chi connectivity index (χ4n) is 3.62. The van der Waals surface area contributed by atoms with Crippen LogP contribution in [0.25, 0.3) is 11.3 Å². The van der Waals surface area contributed by atoms with Crippen LogP contribution in [0.5, 0.6) is 11.5 Å². The number of halogens is 2. The van der Waals surface area contributed by atoms with Crippen LogP contribution >= 0.6 is 23.2 Å². The second kappa shape index (κ2) is 8.72. The minimum Gasteiger partial charge on any atom is -0.454 e. The van der Waals surface area contributed by atoms with E-state index >= 15 is 0 Å². The zero-order valence-corrected chi connectivity index (χ0v) is 18.4. The SMILES string of the molecule is O=C(Nc1ccc(Cl)c(Cl)c1)N1CCN(c2ccc(-c3ccc4c(c3)OCO4)nn2)CC1. The molecule has 3 aromatic rings. The fraction of sp³-hybridized carbons (Fsp3) is 0.227. The number of hydrogen-bond acceptors (Lipinski definition) is 6. The van der Waals surface area contributed by atoms with Gasteiger partial charge in [-0.05, 0) is 48.5 Å². The van der Waals surface area contributed by atoms with Gasteiger partial charge in [0.05, 0.1) is 15.7 Å². The van der Waals surface area contributed by atoms with Gasteiger partial charge in [-0.1, -0.05) is 23.2 Å². The lowest BCUT2D eigenvalue weighted by Gasteiger charge is -2.35. The Morgan fingerprint density at radius 3 is 2.44 bits per heavy atom. The van der Waals surface area contributed by atoms with E-state index < -0.39 is 0 Å². The molecule has 0 radical (unpaired) electrons. The van der Waals surface area contributed by atoms with E-state index in [1.54, 1.807) is 23.1 Å². The van der Waals surface area contributed by atoms with Crippen molar-refractivity contribution in [1.82, 2.24) is 15.1 Å². The van der Waals surface area contributed by atoms with Gasteiger partial charge in [0.2, 0.25) is 6.79 Å². The van der Waals surface area contributed by atoms with Gasteiger partial charge in [0, 0.05) is 37.4 Å². The molecule has 3 heterocycles. The Balaban J connectivity index is 1.19. The van der Waals surface area contributed by atoms with Gasteiger partial charge in [-0.25, -0.2) is 4.79 Å². The van der Waals surface area contributed by atoms with Gasteiger partial charge < -0.3 is 24.6 Å². The third-order valence-electron chi connectivity index (χ3n) is 5.38. The van der Waals surface area contributed by atoms with Gasteiger partial charge in [-0.2, -0.15) is 0 Å². The minimum atomic E-state index is -0.174. The van der Waals surface area contributed by atoms with Crippen LogP contribution in [0.4, 0.5) is 16.3 Å². The smallest absolute Gasteiger partial charge is 0.321 e. The number of carbonyl (C=O) groups excluding carboxylic acids is 1. The summed E-state index contributed by atoms with van der Waals surface area (Å²) in [5, 5.41) is 12.5. The largest absolute Gasteiger partial charge is 0.454 e. The second-order valence-corrected chi connectivity index (χ2v) is 8.19. The van der Waals surface area contributed by atoms with Crippen molar-refractivity contribution in [2.75, 3.05) is 43.2 Å². The van der Waals surface area contributed by atoms with Gasteiger partial charge >= 0.3 is 6.03 Å². The maximum atomic E-state index is 12.6. The highest BCUT2D eigenvalue weighted by Crippen LogP contribution is 2.35. The molecule has 10 heteroatoms. The Morgan fingerprint density at radius 2 is 1.69 bits per heavy atom. The van der Waals surface area contributed by atoms with E-state index in [2.05, 4.69) is 20.4 Å². The van der Waals surface area contributed by atoms with Crippen molar-refractivity contribution in [3.05, 3.63) is 58.6 Å². The predicted molar refractivity (Wildman–Crippen MR) is 123 cm³/mol. The van der Waals surface area contributed by atoms with Crippen molar-refractivity contribution in [1.29, 1.82) is 0 Å². The van der Waals surface area contributed by atoms with Crippen LogP contribution < -0.4 is 19.7 Å². The molecule has 2 amide bonds. The highest BCUT2D eigenvalue weighted by atomic mass is 35.5. The van der Waals surface area contributed by atoms with Crippen LogP contribution in [-0.2, 0) is 0 Å². The van der Waals surface area contributed by atoms with E-state index in [9.17, 15) is 4.79 Å². The van der Waals surface area contributed by atoms with E-state index in [0.717, 1.165) is 22.8 Å². The van der Waals surface area contributed by atoms with Crippen LogP contribution in [0.3, 0.4) is 0 Å². The first kappa shape index (κ1) is 20.7. The molecular weight excluding hydrogens is 453 g/mol. The average molecular weight is 472 g/mol. The zero-order chi connectivity index (χ0) is 22.1. The number of nitrogens with one attached hydrogen (secondary N) is 1. The number of carbonyl (C=O) groups is 1. The molecule has 5 rings (SSSR count). The molecule has 0 unspecified atom stereocenters. The summed E-state index contributed by atoms with van der Waals surface area (Å²) in [4.78, 5) is 16.4. The lowest BCUT2D eigenvalue weighted by Crippen LogP contribution is -2.50. The second-order valence-electron chi connectivity index (χ2n) is 7.38. The molecule has 2 aliphatic heterocycles. The number of fused-ring (bicyclic) bond motifs is 1. The Morgan fingerprint density at radius 1 is 0.875 bits per heavy atom. The summed E-state index contributed by atoms with van der Waals surface area (Å²) in [6.07, 6.45) is 0. The molecule has 32 heavy (non-hydrogen) atoms. The van der Waals surface area contributed by atoms with Gasteiger partial charge in [-0.3, -0.25) is 0 Å². The number of aromatic nitrogens is 2. The summed E-state index contributed by atoms with van der Waals surface area (Å²) < 4.78 is 10.8. The van der Waals surface area contributed by atoms with Crippen molar-refractivity contribution in [2.24, 2.45) is 0 Å². The molecule has 164 valence electrons. The number of anilines is 2. The highest BCUT2D eigenvalue weighted by molar-refractivity contribution is 6.42. The van der Waals surface area contributed by atoms with Crippen molar-refractivity contribution >= 4 is 40.7 Å². The normalized spacial score (nSPS) is 15.1. The Labute approximate surface area is 194 Å². The molecule has 0 spiro atoms. The van der Waals surface area contributed by atoms with Gasteiger partial charge in [0.15, 0.2) is 17.3 Å². The fourth-order valence-corrected chi connectivity index (χ4v) is 3.92. The third kappa shape index (κ3) is 4.24. The van der Waals surface area contributed by atoms with Crippen LogP contribution in [0, 0.1) is 0 Å². The molecule has 1 saturated heterocycles. The van der Waals surface area contributed by atoms with Gasteiger partial charge in [0.25, 0.3) is 0 Å². The van der Waals surface area contributed by atoms with Crippen molar-refractivity contribution < 1.29 is 14.3 Å². The lowest BCUT2D eigenvalue weighted by molar-refractivity contribution is 0.174. The summed E-state index contributed by atoms with van der Waals surface area (Å²) in [5.41, 5.74) is 2.28. The van der Waals surface area contributed by atoms with E-state index in [4.69, 9.17) is 32.7 Å². The van der Waals surface area contributed by atoms with Crippen molar-refractivity contribution in [3.8, 4) is 22.8 Å². The summed E-state index contributed by atoms with van der Waals surface area (Å²) in [7, 11) is 0. The van der Waals surface area contributed by atoms with Gasteiger partial charge in [0.1, 0.15) is 0 Å². The van der Waals surface area contributed by atoms with E-state index in [1.165, 1.54) is 0 Å².